The van der Waals surface area contributed by atoms with Crippen molar-refractivity contribution in [1.29, 1.82) is 0 Å². The van der Waals surface area contributed by atoms with Crippen LogP contribution in [-0.2, 0) is 12.6 Å². The van der Waals surface area contributed by atoms with Gasteiger partial charge in [0.25, 0.3) is 0 Å². The van der Waals surface area contributed by atoms with E-state index in [0.717, 1.165) is 12.4 Å². The molecule has 0 radical (unpaired) electrons. The molecule has 0 bridgehead atoms. The van der Waals surface area contributed by atoms with E-state index in [1.807, 2.05) is 0 Å². The average molecular weight is 695 g/mol. The number of rotatable bonds is 18. The summed E-state index contributed by atoms with van der Waals surface area (Å²) in [6, 6.07) is 26.5. The summed E-state index contributed by atoms with van der Waals surface area (Å²) in [5.41, 5.74) is 4.22. The van der Waals surface area contributed by atoms with Gasteiger partial charge in [-0.3, -0.25) is 0 Å². The number of aliphatic imine (C=N–C) groups is 1. The Labute approximate surface area is 306 Å². The standard InChI is InChI=1S/C46H69N3P/c1-4-7-32-50(33-8-5-2,34-9-6-3)37-39-26-24-38(25-27-39)29-31-45(36-40-28-30-41-18-16-17-19-42(41)35-40)49-46(47-43-20-12-10-13-21-43)48-44-22-14-11-15-23-44/h16-19,24-31,35,43-45H,4-15,20-23,32-34,36-37H2,1-3H3,(H2,47,48,49)/q+1/b31-29-/t45-/m1/s1. The molecule has 0 heterocycles. The third-order valence-corrected chi connectivity index (χ3v) is 16.2. The summed E-state index contributed by atoms with van der Waals surface area (Å²) in [5, 5.41) is 10.5. The van der Waals surface area contributed by atoms with Gasteiger partial charge >= 0.3 is 0 Å². The molecule has 3 aromatic rings. The molecule has 50 heavy (non-hydrogen) atoms. The van der Waals surface area contributed by atoms with Crippen molar-refractivity contribution in [3.05, 3.63) is 89.5 Å². The van der Waals surface area contributed by atoms with E-state index in [9.17, 15) is 0 Å². The molecule has 0 aliphatic heterocycles. The number of nitrogens with zero attached hydrogens (tertiary/aromatic N) is 1. The summed E-state index contributed by atoms with van der Waals surface area (Å²) in [6.07, 6.45) is 32.5. The van der Waals surface area contributed by atoms with Crippen LogP contribution < -0.4 is 10.6 Å². The molecular formula is C46H69N3P+. The Balaban J connectivity index is 1.36. The summed E-state index contributed by atoms with van der Waals surface area (Å²) in [6.45, 7) is 7.11. The molecule has 5 rings (SSSR count). The SMILES string of the molecule is CCCC[P+](CCCC)(CCCC)Cc1ccc(/C=C\[C@H](Cc2ccc3ccccc3c2)NC(=NC2CCCCC2)NC2CCCCC2)cc1. The maximum atomic E-state index is 5.39. The van der Waals surface area contributed by atoms with E-state index in [2.05, 4.69) is 110 Å². The second kappa shape index (κ2) is 21.0. The number of benzene rings is 3. The van der Waals surface area contributed by atoms with E-state index in [4.69, 9.17) is 4.99 Å². The van der Waals surface area contributed by atoms with Crippen LogP contribution in [0.1, 0.15) is 140 Å². The molecule has 272 valence electrons. The Kier molecular flexibility index (Phi) is 16.2. The van der Waals surface area contributed by atoms with E-state index >= 15 is 0 Å². The zero-order valence-corrected chi connectivity index (χ0v) is 32.9. The van der Waals surface area contributed by atoms with Gasteiger partial charge in [0.1, 0.15) is 0 Å². The van der Waals surface area contributed by atoms with Gasteiger partial charge in [-0.25, -0.2) is 4.99 Å². The lowest BCUT2D eigenvalue weighted by Crippen LogP contribution is -2.48. The number of guanidine groups is 1. The van der Waals surface area contributed by atoms with E-state index in [1.165, 1.54) is 149 Å². The minimum atomic E-state index is -0.966. The molecule has 3 nitrogen and oxygen atoms in total. The van der Waals surface area contributed by atoms with Crippen molar-refractivity contribution >= 4 is 30.1 Å². The minimum Gasteiger partial charge on any atom is -0.354 e. The number of unbranched alkanes of at least 4 members (excludes halogenated alkanes) is 3. The van der Waals surface area contributed by atoms with Crippen molar-refractivity contribution in [3.8, 4) is 0 Å². The smallest absolute Gasteiger partial charge is 0.192 e. The van der Waals surface area contributed by atoms with Crippen LogP contribution in [-0.4, -0.2) is 42.6 Å². The Morgan fingerprint density at radius 2 is 1.32 bits per heavy atom. The first-order valence-electron chi connectivity index (χ1n) is 20.8. The van der Waals surface area contributed by atoms with Gasteiger partial charge in [-0.1, -0.05) is 157 Å². The van der Waals surface area contributed by atoms with Crippen molar-refractivity contribution < 1.29 is 0 Å². The summed E-state index contributed by atoms with van der Waals surface area (Å²) in [7, 11) is -0.966. The van der Waals surface area contributed by atoms with Gasteiger partial charge in [0.05, 0.1) is 36.7 Å². The van der Waals surface area contributed by atoms with E-state index < -0.39 is 7.26 Å². The van der Waals surface area contributed by atoms with E-state index in [1.54, 1.807) is 5.56 Å². The van der Waals surface area contributed by atoms with Crippen LogP contribution >= 0.6 is 7.26 Å². The number of hydrogen-bond donors (Lipinski definition) is 2. The number of hydrogen-bond acceptors (Lipinski definition) is 1. The Morgan fingerprint density at radius 3 is 1.96 bits per heavy atom. The second-order valence-electron chi connectivity index (χ2n) is 15.7. The largest absolute Gasteiger partial charge is 0.354 e. The highest BCUT2D eigenvalue weighted by Crippen LogP contribution is 2.63. The third-order valence-electron chi connectivity index (χ3n) is 11.4. The van der Waals surface area contributed by atoms with Crippen LogP contribution in [0.15, 0.2) is 77.8 Å². The van der Waals surface area contributed by atoms with Crippen LogP contribution in [0, 0.1) is 0 Å². The fourth-order valence-corrected chi connectivity index (χ4v) is 13.4. The lowest BCUT2D eigenvalue weighted by Gasteiger charge is -2.29. The van der Waals surface area contributed by atoms with Crippen molar-refractivity contribution in [2.75, 3.05) is 18.5 Å². The highest BCUT2D eigenvalue weighted by Gasteiger charge is 2.35. The molecule has 0 aromatic heterocycles. The minimum absolute atomic E-state index is 0.143. The topological polar surface area (TPSA) is 36.4 Å². The number of fused-ring (bicyclic) bond motifs is 1. The molecular weight excluding hydrogens is 626 g/mol. The normalized spacial score (nSPS) is 17.4. The molecule has 0 unspecified atom stereocenters. The van der Waals surface area contributed by atoms with Crippen molar-refractivity contribution in [3.63, 3.8) is 0 Å². The van der Waals surface area contributed by atoms with Gasteiger partial charge in [0, 0.05) is 13.3 Å². The highest BCUT2D eigenvalue weighted by atomic mass is 31.2. The first-order valence-corrected chi connectivity index (χ1v) is 23.3. The third kappa shape index (κ3) is 12.5. The second-order valence-corrected chi connectivity index (χ2v) is 20.1. The van der Waals surface area contributed by atoms with Crippen molar-refractivity contribution in [1.82, 2.24) is 10.6 Å². The van der Waals surface area contributed by atoms with Gasteiger partial charge in [-0.05, 0) is 78.8 Å². The van der Waals surface area contributed by atoms with Crippen LogP contribution in [0.4, 0.5) is 0 Å². The van der Waals surface area contributed by atoms with E-state index in [-0.39, 0.29) is 6.04 Å². The van der Waals surface area contributed by atoms with Crippen molar-refractivity contribution in [2.45, 2.75) is 154 Å². The van der Waals surface area contributed by atoms with E-state index in [0.29, 0.717) is 12.1 Å². The lowest BCUT2D eigenvalue weighted by atomic mass is 9.95. The van der Waals surface area contributed by atoms with Gasteiger partial charge < -0.3 is 10.6 Å². The fraction of sp³-hybridized carbons (Fsp3) is 0.587. The first kappa shape index (κ1) is 38.6. The van der Waals surface area contributed by atoms with Gasteiger partial charge in [0.15, 0.2) is 5.96 Å². The monoisotopic (exact) mass is 695 g/mol. The first-order chi connectivity index (χ1) is 24.6. The molecule has 2 saturated carbocycles. The summed E-state index contributed by atoms with van der Waals surface area (Å²) < 4.78 is 0. The van der Waals surface area contributed by atoms with Gasteiger partial charge in [0.2, 0.25) is 0 Å². The van der Waals surface area contributed by atoms with Crippen molar-refractivity contribution in [2.24, 2.45) is 4.99 Å². The zero-order valence-electron chi connectivity index (χ0n) is 32.0. The van der Waals surface area contributed by atoms with Crippen LogP contribution in [0.3, 0.4) is 0 Å². The lowest BCUT2D eigenvalue weighted by molar-refractivity contribution is 0.403. The predicted molar refractivity (Wildman–Crippen MR) is 224 cm³/mol. The molecule has 1 atom stereocenters. The molecule has 0 amide bonds. The predicted octanol–water partition coefficient (Wildman–Crippen LogP) is 12.6. The van der Waals surface area contributed by atoms with Crippen LogP contribution in [0.2, 0.25) is 0 Å². The fourth-order valence-electron chi connectivity index (χ4n) is 8.31. The molecule has 0 saturated heterocycles. The van der Waals surface area contributed by atoms with Gasteiger partial charge in [-0.15, -0.1) is 0 Å². The Morgan fingerprint density at radius 1 is 0.720 bits per heavy atom. The van der Waals surface area contributed by atoms with Gasteiger partial charge in [-0.2, -0.15) is 0 Å². The Bertz CT molecular complexity index is 1430. The Hall–Kier alpha value is -2.64. The maximum absolute atomic E-state index is 5.39. The summed E-state index contributed by atoms with van der Waals surface area (Å²) >= 11 is 0. The van der Waals surface area contributed by atoms with Crippen LogP contribution in [0.25, 0.3) is 16.8 Å². The molecule has 3 aromatic carbocycles. The highest BCUT2D eigenvalue weighted by molar-refractivity contribution is 7.75. The molecule has 2 fully saturated rings. The zero-order chi connectivity index (χ0) is 34.9. The molecule has 2 aliphatic rings. The number of nitrogens with one attached hydrogen (secondary N) is 2. The average Bonchev–Trinajstić information content (AvgIpc) is 3.15. The quantitative estimate of drug-likeness (QED) is 0.0790. The summed E-state index contributed by atoms with van der Waals surface area (Å²) in [5.74, 6) is 1.03. The molecule has 4 heteroatoms. The maximum Gasteiger partial charge on any atom is 0.192 e. The molecule has 0 spiro atoms. The molecule has 2 N–H and O–H groups in total. The molecule has 2 aliphatic carbocycles. The summed E-state index contributed by atoms with van der Waals surface area (Å²) in [4.78, 5) is 5.39. The van der Waals surface area contributed by atoms with Crippen LogP contribution in [0.5, 0.6) is 0 Å².